The highest BCUT2D eigenvalue weighted by Gasteiger charge is 2.27. The first kappa shape index (κ1) is 22.6. The van der Waals surface area contributed by atoms with E-state index in [0.29, 0.717) is 11.0 Å². The number of hydrogen-bond donors (Lipinski definition) is 2. The van der Waals surface area contributed by atoms with Gasteiger partial charge in [0.1, 0.15) is 11.3 Å². The zero-order chi connectivity index (χ0) is 24.1. The van der Waals surface area contributed by atoms with Crippen LogP contribution >= 0.6 is 0 Å². The third kappa shape index (κ3) is 4.75. The van der Waals surface area contributed by atoms with E-state index in [1.165, 1.54) is 28.9 Å². The molecule has 9 nitrogen and oxygen atoms in total. The number of nitrogens with zero attached hydrogens (tertiary/aromatic N) is 3. The first-order valence-corrected chi connectivity index (χ1v) is 10.4. The number of hydrogen-bond acceptors (Lipinski definition) is 6. The lowest BCUT2D eigenvalue weighted by Crippen LogP contribution is -2.41. The number of rotatable bonds is 7. The van der Waals surface area contributed by atoms with Crippen LogP contribution in [-0.4, -0.2) is 39.4 Å². The van der Waals surface area contributed by atoms with Crippen molar-refractivity contribution in [2.75, 3.05) is 11.9 Å². The molecule has 4 aromatic rings. The molecule has 1 aromatic heterocycles. The summed E-state index contributed by atoms with van der Waals surface area (Å²) >= 11 is 0. The Morgan fingerprint density at radius 2 is 1.71 bits per heavy atom. The molecule has 0 aliphatic heterocycles. The van der Waals surface area contributed by atoms with Gasteiger partial charge < -0.3 is 10.1 Å². The van der Waals surface area contributed by atoms with Crippen molar-refractivity contribution in [3.05, 3.63) is 89.7 Å². The molecule has 2 amide bonds. The Hall–Kier alpha value is -4.60. The first-order valence-electron chi connectivity index (χ1n) is 10.4. The zero-order valence-corrected chi connectivity index (χ0v) is 18.1. The number of alkyl carbamates (subject to hydrolysis) is 1. The topological polar surface area (TPSA) is 115 Å². The number of carbonyl (C=O) groups excluding carboxylic acids is 3. The molecule has 34 heavy (non-hydrogen) atoms. The van der Waals surface area contributed by atoms with Gasteiger partial charge in [0.25, 0.3) is 5.91 Å². The maximum atomic E-state index is 13.3. The summed E-state index contributed by atoms with van der Waals surface area (Å²) in [5.41, 5.74) is 1.70. The number of nitrogens with one attached hydrogen (secondary N) is 2. The van der Waals surface area contributed by atoms with Crippen LogP contribution in [0, 0.1) is 5.82 Å². The van der Waals surface area contributed by atoms with Gasteiger partial charge in [-0.05, 0) is 55.5 Å². The van der Waals surface area contributed by atoms with Gasteiger partial charge in [0.15, 0.2) is 5.78 Å². The number of carbonyl (C=O) groups is 3. The molecule has 3 aromatic carbocycles. The Morgan fingerprint density at radius 1 is 1.00 bits per heavy atom. The number of ketones is 1. The molecule has 4 rings (SSSR count). The van der Waals surface area contributed by atoms with Gasteiger partial charge in [-0.1, -0.05) is 29.5 Å². The fourth-order valence-electron chi connectivity index (χ4n) is 3.35. The monoisotopic (exact) mass is 461 g/mol. The molecule has 0 fully saturated rings. The maximum absolute atomic E-state index is 13.3. The van der Waals surface area contributed by atoms with Crippen LogP contribution in [0.15, 0.2) is 72.8 Å². The SMILES string of the molecule is CCOC(=O)NC(C(=O)Nc1ccccc1C(=O)c1ccc(F)cc1)n1nnc2ccccc21. The van der Waals surface area contributed by atoms with Gasteiger partial charge in [-0.3, -0.25) is 14.9 Å². The smallest absolute Gasteiger partial charge is 0.409 e. The second kappa shape index (κ2) is 9.90. The summed E-state index contributed by atoms with van der Waals surface area (Å²) in [6.07, 6.45) is -2.14. The summed E-state index contributed by atoms with van der Waals surface area (Å²) in [5, 5.41) is 13.2. The number of ether oxygens (including phenoxy) is 1. The lowest BCUT2D eigenvalue weighted by Gasteiger charge is -2.19. The van der Waals surface area contributed by atoms with Gasteiger partial charge >= 0.3 is 6.09 Å². The van der Waals surface area contributed by atoms with Crippen LogP contribution in [0.4, 0.5) is 14.9 Å². The highest BCUT2D eigenvalue weighted by Crippen LogP contribution is 2.22. The summed E-state index contributed by atoms with van der Waals surface area (Å²) in [5.74, 6) is -1.55. The van der Waals surface area contributed by atoms with Gasteiger partial charge in [0, 0.05) is 11.1 Å². The Morgan fingerprint density at radius 3 is 2.47 bits per heavy atom. The molecule has 10 heteroatoms. The molecule has 0 aliphatic carbocycles. The van der Waals surface area contributed by atoms with E-state index in [4.69, 9.17) is 4.74 Å². The summed E-state index contributed by atoms with van der Waals surface area (Å²) < 4.78 is 19.5. The molecule has 1 atom stereocenters. The van der Waals surface area contributed by atoms with Gasteiger partial charge in [0.2, 0.25) is 6.17 Å². The standard InChI is InChI=1S/C24H20FN5O4/c1-2-34-24(33)27-22(30-20-10-6-5-9-19(20)28-29-30)23(32)26-18-8-4-3-7-17(18)21(31)15-11-13-16(25)14-12-15/h3-14,22H,2H2,1H3,(H,26,32)(H,27,33). The molecule has 0 spiro atoms. The number of benzene rings is 3. The number of anilines is 1. The van der Waals surface area contributed by atoms with Crippen molar-refractivity contribution < 1.29 is 23.5 Å². The number of aromatic nitrogens is 3. The summed E-state index contributed by atoms with van der Waals surface area (Å²) in [6.45, 7) is 1.74. The predicted octanol–water partition coefficient (Wildman–Crippen LogP) is 3.68. The average molecular weight is 461 g/mol. The molecule has 1 heterocycles. The average Bonchev–Trinajstić information content (AvgIpc) is 3.27. The number of para-hydroxylation sites is 2. The maximum Gasteiger partial charge on any atom is 0.409 e. The number of amides is 2. The molecule has 172 valence electrons. The lowest BCUT2D eigenvalue weighted by atomic mass is 10.0. The van der Waals surface area contributed by atoms with E-state index in [-0.39, 0.29) is 23.4 Å². The fraction of sp³-hybridized carbons (Fsp3) is 0.125. The molecule has 0 bridgehead atoms. The first-order chi connectivity index (χ1) is 16.5. The highest BCUT2D eigenvalue weighted by molar-refractivity contribution is 6.14. The predicted molar refractivity (Wildman–Crippen MR) is 122 cm³/mol. The second-order valence-electron chi connectivity index (χ2n) is 7.16. The number of halogens is 1. The van der Waals surface area contributed by atoms with E-state index in [1.54, 1.807) is 55.5 Å². The second-order valence-corrected chi connectivity index (χ2v) is 7.16. The van der Waals surface area contributed by atoms with Gasteiger partial charge in [-0.2, -0.15) is 0 Å². The minimum Gasteiger partial charge on any atom is -0.450 e. The minimum absolute atomic E-state index is 0.104. The Balaban J connectivity index is 1.66. The summed E-state index contributed by atoms with van der Waals surface area (Å²) in [4.78, 5) is 38.5. The van der Waals surface area contributed by atoms with Gasteiger partial charge in [0.05, 0.1) is 17.8 Å². The molecular formula is C24H20FN5O4. The number of fused-ring (bicyclic) bond motifs is 1. The van der Waals surface area contributed by atoms with E-state index in [9.17, 15) is 18.8 Å². The van der Waals surface area contributed by atoms with Crippen LogP contribution in [0.5, 0.6) is 0 Å². The Bertz CT molecular complexity index is 1350. The van der Waals surface area contributed by atoms with Crippen molar-refractivity contribution in [2.24, 2.45) is 0 Å². The molecule has 2 N–H and O–H groups in total. The van der Waals surface area contributed by atoms with Crippen LogP contribution < -0.4 is 10.6 Å². The highest BCUT2D eigenvalue weighted by atomic mass is 19.1. The van der Waals surface area contributed by atoms with E-state index in [1.807, 2.05) is 0 Å². The van der Waals surface area contributed by atoms with Crippen LogP contribution in [0.25, 0.3) is 11.0 Å². The Labute approximate surface area is 193 Å². The molecular weight excluding hydrogens is 441 g/mol. The molecule has 1 unspecified atom stereocenters. The molecule has 0 saturated carbocycles. The van der Waals surface area contributed by atoms with Crippen molar-refractivity contribution >= 4 is 34.5 Å². The van der Waals surface area contributed by atoms with Gasteiger partial charge in [-0.25, -0.2) is 13.9 Å². The Kier molecular flexibility index (Phi) is 6.58. The van der Waals surface area contributed by atoms with Crippen molar-refractivity contribution in [1.82, 2.24) is 20.3 Å². The fourth-order valence-corrected chi connectivity index (χ4v) is 3.35. The minimum atomic E-state index is -1.32. The summed E-state index contributed by atoms with van der Waals surface area (Å²) in [6, 6.07) is 18.4. The van der Waals surface area contributed by atoms with E-state index in [2.05, 4.69) is 20.9 Å². The van der Waals surface area contributed by atoms with Crippen molar-refractivity contribution in [3.8, 4) is 0 Å². The normalized spacial score (nSPS) is 11.6. The van der Waals surface area contributed by atoms with Crippen LogP contribution in [0.2, 0.25) is 0 Å². The van der Waals surface area contributed by atoms with E-state index < -0.39 is 29.8 Å². The largest absolute Gasteiger partial charge is 0.450 e. The lowest BCUT2D eigenvalue weighted by molar-refractivity contribution is -0.120. The van der Waals surface area contributed by atoms with E-state index >= 15 is 0 Å². The molecule has 0 saturated heterocycles. The summed E-state index contributed by atoms with van der Waals surface area (Å²) in [7, 11) is 0. The zero-order valence-electron chi connectivity index (χ0n) is 18.1. The van der Waals surface area contributed by atoms with E-state index in [0.717, 1.165) is 0 Å². The third-order valence-electron chi connectivity index (χ3n) is 4.94. The van der Waals surface area contributed by atoms with Crippen LogP contribution in [0.3, 0.4) is 0 Å². The van der Waals surface area contributed by atoms with Crippen LogP contribution in [0.1, 0.15) is 29.0 Å². The van der Waals surface area contributed by atoms with Crippen molar-refractivity contribution in [2.45, 2.75) is 13.1 Å². The molecule has 0 aliphatic rings. The van der Waals surface area contributed by atoms with Crippen LogP contribution in [-0.2, 0) is 9.53 Å². The molecule has 0 radical (unpaired) electrons. The quantitative estimate of drug-likeness (QED) is 0.406. The van der Waals surface area contributed by atoms with Crippen molar-refractivity contribution in [1.29, 1.82) is 0 Å². The third-order valence-corrected chi connectivity index (χ3v) is 4.94. The van der Waals surface area contributed by atoms with Crippen molar-refractivity contribution in [3.63, 3.8) is 0 Å². The van der Waals surface area contributed by atoms with Gasteiger partial charge in [-0.15, -0.1) is 5.10 Å².